The van der Waals surface area contributed by atoms with E-state index in [1.165, 1.54) is 24.5 Å². The molecule has 0 aromatic heterocycles. The number of rotatable bonds is 6. The topological polar surface area (TPSA) is 18.5 Å². The molecule has 0 saturated carbocycles. The number of aryl methyl sites for hydroxylation is 1. The largest absolute Gasteiger partial charge is 0.524 e. The fraction of sp³-hybridized carbons (Fsp3) is 0.429. The quantitative estimate of drug-likeness (QED) is 0.440. The van der Waals surface area contributed by atoms with Crippen molar-refractivity contribution in [2.24, 2.45) is 0 Å². The van der Waals surface area contributed by atoms with E-state index in [4.69, 9.17) is 4.74 Å². The van der Waals surface area contributed by atoms with Crippen LogP contribution in [0.1, 0.15) is 42.9 Å². The standard InChI is InChI=1S/C21H22F4O2/c1-2-3-4-5-14-6-8-15(9-7-14)16-10-17-13-26-20(27-21(23,24)25)12-18(17)19(22)11-16/h6-11,20H,2-5,12-13H2,1H3. The molecule has 0 aliphatic carbocycles. The summed E-state index contributed by atoms with van der Waals surface area (Å²) in [7, 11) is 0. The minimum atomic E-state index is -4.81. The van der Waals surface area contributed by atoms with Gasteiger partial charge in [0.1, 0.15) is 5.82 Å². The SMILES string of the molecule is CCCCCc1ccc(-c2cc(F)c3c(c2)COC(OC(F)(F)F)C3)cc1. The van der Waals surface area contributed by atoms with Crippen LogP contribution in [-0.4, -0.2) is 12.7 Å². The molecule has 1 aliphatic rings. The second kappa shape index (κ2) is 8.40. The molecule has 146 valence electrons. The van der Waals surface area contributed by atoms with Crippen LogP contribution in [0.3, 0.4) is 0 Å². The van der Waals surface area contributed by atoms with Crippen LogP contribution in [0.25, 0.3) is 11.1 Å². The molecule has 0 radical (unpaired) electrons. The van der Waals surface area contributed by atoms with E-state index < -0.39 is 18.5 Å². The maximum Gasteiger partial charge on any atom is 0.524 e. The van der Waals surface area contributed by atoms with Gasteiger partial charge in [0.2, 0.25) is 0 Å². The first-order valence-electron chi connectivity index (χ1n) is 9.12. The summed E-state index contributed by atoms with van der Waals surface area (Å²) in [5.74, 6) is -0.534. The third kappa shape index (κ3) is 5.30. The number of ether oxygens (including phenoxy) is 2. The minimum Gasteiger partial charge on any atom is -0.347 e. The zero-order valence-electron chi connectivity index (χ0n) is 15.1. The lowest BCUT2D eigenvalue weighted by atomic mass is 9.95. The van der Waals surface area contributed by atoms with Crippen molar-refractivity contribution in [1.29, 1.82) is 0 Å². The average Bonchev–Trinajstić information content (AvgIpc) is 2.61. The molecule has 1 heterocycles. The molecule has 2 aromatic carbocycles. The Morgan fingerprint density at radius 2 is 1.81 bits per heavy atom. The van der Waals surface area contributed by atoms with E-state index >= 15 is 0 Å². The van der Waals surface area contributed by atoms with Crippen LogP contribution in [0.15, 0.2) is 36.4 Å². The van der Waals surface area contributed by atoms with E-state index in [2.05, 4.69) is 11.7 Å². The number of hydrogen-bond donors (Lipinski definition) is 0. The van der Waals surface area contributed by atoms with Crippen molar-refractivity contribution in [3.63, 3.8) is 0 Å². The summed E-state index contributed by atoms with van der Waals surface area (Å²) >= 11 is 0. The summed E-state index contributed by atoms with van der Waals surface area (Å²) in [4.78, 5) is 0. The molecule has 1 unspecified atom stereocenters. The van der Waals surface area contributed by atoms with Crippen molar-refractivity contribution in [2.75, 3.05) is 0 Å². The first kappa shape index (κ1) is 19.8. The van der Waals surface area contributed by atoms with E-state index in [0.29, 0.717) is 11.1 Å². The van der Waals surface area contributed by atoms with E-state index in [1.807, 2.05) is 24.3 Å². The Hall–Kier alpha value is -1.92. The molecule has 0 N–H and O–H groups in total. The van der Waals surface area contributed by atoms with Crippen LogP contribution >= 0.6 is 0 Å². The van der Waals surface area contributed by atoms with Crippen LogP contribution in [0.2, 0.25) is 0 Å². The summed E-state index contributed by atoms with van der Waals surface area (Å²) in [6.07, 6.45) is -2.07. The van der Waals surface area contributed by atoms with Crippen LogP contribution in [0.4, 0.5) is 17.6 Å². The number of halogens is 4. The Morgan fingerprint density at radius 1 is 1.07 bits per heavy atom. The van der Waals surface area contributed by atoms with Gasteiger partial charge in [-0.15, -0.1) is 13.2 Å². The van der Waals surface area contributed by atoms with E-state index in [-0.39, 0.29) is 18.6 Å². The maximum absolute atomic E-state index is 14.5. The second-order valence-electron chi connectivity index (χ2n) is 6.76. The molecule has 2 aromatic rings. The molecule has 0 saturated heterocycles. The average molecular weight is 382 g/mol. The van der Waals surface area contributed by atoms with Crippen molar-refractivity contribution < 1.29 is 27.0 Å². The van der Waals surface area contributed by atoms with Crippen molar-refractivity contribution in [3.05, 3.63) is 58.9 Å². The fourth-order valence-electron chi connectivity index (χ4n) is 3.29. The third-order valence-corrected chi connectivity index (χ3v) is 4.70. The lowest BCUT2D eigenvalue weighted by Gasteiger charge is -2.26. The summed E-state index contributed by atoms with van der Waals surface area (Å²) in [6.45, 7) is 2.05. The van der Waals surface area contributed by atoms with Crippen molar-refractivity contribution in [2.45, 2.75) is 58.3 Å². The van der Waals surface area contributed by atoms with Crippen LogP contribution in [-0.2, 0) is 28.9 Å². The highest BCUT2D eigenvalue weighted by molar-refractivity contribution is 5.65. The summed E-state index contributed by atoms with van der Waals surface area (Å²) < 4.78 is 60.5. The molecular formula is C21H22F4O2. The summed E-state index contributed by atoms with van der Waals surface area (Å²) in [5.41, 5.74) is 3.56. The lowest BCUT2D eigenvalue weighted by Crippen LogP contribution is -2.31. The first-order chi connectivity index (χ1) is 12.9. The monoisotopic (exact) mass is 382 g/mol. The summed E-state index contributed by atoms with van der Waals surface area (Å²) in [6, 6.07) is 11.1. The Labute approximate surface area is 156 Å². The van der Waals surface area contributed by atoms with Gasteiger partial charge < -0.3 is 4.74 Å². The molecular weight excluding hydrogens is 360 g/mol. The van der Waals surface area contributed by atoms with Gasteiger partial charge in [0.05, 0.1) is 6.61 Å². The molecule has 6 heteroatoms. The molecule has 0 spiro atoms. The molecule has 0 fully saturated rings. The van der Waals surface area contributed by atoms with Crippen molar-refractivity contribution in [1.82, 2.24) is 0 Å². The van der Waals surface area contributed by atoms with Crippen LogP contribution in [0, 0.1) is 5.82 Å². The highest BCUT2D eigenvalue weighted by Gasteiger charge is 2.36. The van der Waals surface area contributed by atoms with Gasteiger partial charge in [0.25, 0.3) is 0 Å². The molecule has 2 nitrogen and oxygen atoms in total. The van der Waals surface area contributed by atoms with Gasteiger partial charge in [0, 0.05) is 6.42 Å². The van der Waals surface area contributed by atoms with Gasteiger partial charge >= 0.3 is 6.36 Å². The zero-order chi connectivity index (χ0) is 19.4. The first-order valence-corrected chi connectivity index (χ1v) is 9.12. The highest BCUT2D eigenvalue weighted by Crippen LogP contribution is 2.32. The number of unbranched alkanes of at least 4 members (excludes halogenated alkanes) is 2. The lowest BCUT2D eigenvalue weighted by molar-refractivity contribution is -0.381. The molecule has 0 bridgehead atoms. The minimum absolute atomic E-state index is 0.115. The van der Waals surface area contributed by atoms with Gasteiger partial charge in [-0.3, -0.25) is 4.74 Å². The van der Waals surface area contributed by atoms with Crippen LogP contribution in [0.5, 0.6) is 0 Å². The fourth-order valence-corrected chi connectivity index (χ4v) is 3.29. The molecule has 3 rings (SSSR count). The predicted molar refractivity (Wildman–Crippen MR) is 94.5 cm³/mol. The van der Waals surface area contributed by atoms with E-state index in [0.717, 1.165) is 18.4 Å². The molecule has 1 atom stereocenters. The maximum atomic E-state index is 14.5. The van der Waals surface area contributed by atoms with E-state index in [9.17, 15) is 17.6 Å². The van der Waals surface area contributed by atoms with Gasteiger partial charge in [0.15, 0.2) is 6.29 Å². The van der Waals surface area contributed by atoms with Gasteiger partial charge in [-0.05, 0) is 52.8 Å². The third-order valence-electron chi connectivity index (χ3n) is 4.70. The summed E-state index contributed by atoms with van der Waals surface area (Å²) in [5, 5.41) is 0. The second-order valence-corrected chi connectivity index (χ2v) is 6.76. The van der Waals surface area contributed by atoms with Crippen molar-refractivity contribution >= 4 is 0 Å². The number of alkyl halides is 3. The number of fused-ring (bicyclic) bond motifs is 1. The number of hydrogen-bond acceptors (Lipinski definition) is 2. The number of benzene rings is 2. The molecule has 1 aliphatic heterocycles. The Kier molecular flexibility index (Phi) is 6.17. The Morgan fingerprint density at radius 3 is 2.48 bits per heavy atom. The normalized spacial score (nSPS) is 17.0. The van der Waals surface area contributed by atoms with Gasteiger partial charge in [-0.1, -0.05) is 44.0 Å². The highest BCUT2D eigenvalue weighted by atomic mass is 19.4. The van der Waals surface area contributed by atoms with Crippen LogP contribution < -0.4 is 0 Å². The smallest absolute Gasteiger partial charge is 0.347 e. The van der Waals surface area contributed by atoms with Crippen molar-refractivity contribution in [3.8, 4) is 11.1 Å². The van der Waals surface area contributed by atoms with Gasteiger partial charge in [-0.2, -0.15) is 0 Å². The Balaban J connectivity index is 1.75. The Bertz CT molecular complexity index is 769. The predicted octanol–water partition coefficient (Wildman–Crippen LogP) is 6.16. The van der Waals surface area contributed by atoms with E-state index in [1.54, 1.807) is 6.07 Å². The zero-order valence-corrected chi connectivity index (χ0v) is 15.1. The molecule has 0 amide bonds. The van der Waals surface area contributed by atoms with Gasteiger partial charge in [-0.25, -0.2) is 4.39 Å². The molecule has 27 heavy (non-hydrogen) atoms.